The van der Waals surface area contributed by atoms with Gasteiger partial charge in [-0.1, -0.05) is 6.07 Å². The summed E-state index contributed by atoms with van der Waals surface area (Å²) >= 11 is 1.24. The van der Waals surface area contributed by atoms with Crippen molar-refractivity contribution in [1.29, 1.82) is 0 Å². The lowest BCUT2D eigenvalue weighted by atomic mass is 10.1. The van der Waals surface area contributed by atoms with Crippen LogP contribution in [-0.4, -0.2) is 47.3 Å². The van der Waals surface area contributed by atoms with Crippen LogP contribution < -0.4 is 21.3 Å². The lowest BCUT2D eigenvalue weighted by Crippen LogP contribution is -2.35. The van der Waals surface area contributed by atoms with E-state index in [4.69, 9.17) is 10.5 Å². The van der Waals surface area contributed by atoms with Gasteiger partial charge in [0.15, 0.2) is 18.2 Å². The molecule has 0 bridgehead atoms. The van der Waals surface area contributed by atoms with Gasteiger partial charge in [-0.15, -0.1) is 15.7 Å². The van der Waals surface area contributed by atoms with E-state index in [1.165, 1.54) is 37.3 Å². The van der Waals surface area contributed by atoms with Crippen LogP contribution in [0.4, 0.5) is 10.1 Å². The molecule has 4 N–H and O–H groups in total. The van der Waals surface area contributed by atoms with Gasteiger partial charge in [0.25, 0.3) is 21.5 Å². The number of aromatic nitrogens is 2. The SMILES string of the molecule is CC(C)(F)CCn1nc(-c2cccs2)c(O)c(C2=NS(=O)(=O)c3cc(OCC(N)=O)ccc3N2)c1=O. The van der Waals surface area contributed by atoms with E-state index >= 15 is 0 Å². The highest BCUT2D eigenvalue weighted by Crippen LogP contribution is 2.36. The number of aromatic hydroxyl groups is 1. The third-order valence-electron chi connectivity index (χ3n) is 5.12. The van der Waals surface area contributed by atoms with Crippen molar-refractivity contribution in [3.63, 3.8) is 0 Å². The Balaban J connectivity index is 1.83. The average Bonchev–Trinajstić information content (AvgIpc) is 3.31. The molecule has 1 aromatic carbocycles. The smallest absolute Gasteiger partial charge is 0.286 e. The largest absolute Gasteiger partial charge is 0.505 e. The molecule has 0 unspecified atom stereocenters. The zero-order valence-electron chi connectivity index (χ0n) is 19.2. The third-order valence-corrected chi connectivity index (χ3v) is 7.31. The summed E-state index contributed by atoms with van der Waals surface area (Å²) in [7, 11) is -4.36. The van der Waals surface area contributed by atoms with Crippen molar-refractivity contribution in [1.82, 2.24) is 9.78 Å². The van der Waals surface area contributed by atoms with Crippen LogP contribution in [0.5, 0.6) is 11.5 Å². The third kappa shape index (κ3) is 5.23. The summed E-state index contributed by atoms with van der Waals surface area (Å²) in [5.41, 5.74) is 2.28. The highest BCUT2D eigenvalue weighted by atomic mass is 32.2. The molecule has 0 radical (unpaired) electrons. The van der Waals surface area contributed by atoms with Gasteiger partial charge in [0, 0.05) is 19.0 Å². The number of carbonyl (C=O) groups is 1. The monoisotopic (exact) mass is 535 g/mol. The number of ether oxygens (including phenoxy) is 1. The number of alkyl halides is 1. The molecule has 190 valence electrons. The summed E-state index contributed by atoms with van der Waals surface area (Å²) in [4.78, 5) is 24.5. The van der Waals surface area contributed by atoms with E-state index in [1.807, 2.05) is 0 Å². The van der Waals surface area contributed by atoms with Gasteiger partial charge in [-0.3, -0.25) is 9.59 Å². The second-order valence-electron chi connectivity index (χ2n) is 8.50. The van der Waals surface area contributed by atoms with Crippen LogP contribution in [-0.2, 0) is 21.4 Å². The number of benzene rings is 1. The number of amides is 1. The summed E-state index contributed by atoms with van der Waals surface area (Å²) in [5, 5.41) is 19.7. The van der Waals surface area contributed by atoms with Gasteiger partial charge in [-0.05, 0) is 37.4 Å². The minimum absolute atomic E-state index is 0.0270. The van der Waals surface area contributed by atoms with Crippen molar-refractivity contribution < 1.29 is 27.4 Å². The minimum atomic E-state index is -4.36. The average molecular weight is 536 g/mol. The number of carbonyl (C=O) groups excluding carboxylic acids is 1. The van der Waals surface area contributed by atoms with Crippen molar-refractivity contribution in [3.05, 3.63) is 51.6 Å². The van der Waals surface area contributed by atoms with E-state index < -0.39 is 50.9 Å². The minimum Gasteiger partial charge on any atom is -0.505 e. The molecule has 2 aromatic heterocycles. The zero-order valence-corrected chi connectivity index (χ0v) is 20.8. The van der Waals surface area contributed by atoms with E-state index in [2.05, 4.69) is 14.8 Å². The van der Waals surface area contributed by atoms with E-state index in [1.54, 1.807) is 17.5 Å². The Bertz CT molecular complexity index is 1530. The van der Waals surface area contributed by atoms with Crippen LogP contribution in [0, 0.1) is 0 Å². The van der Waals surface area contributed by atoms with Gasteiger partial charge in [-0.25, -0.2) is 9.07 Å². The van der Waals surface area contributed by atoms with Crippen molar-refractivity contribution in [2.75, 3.05) is 11.9 Å². The number of aryl methyl sites for hydroxylation is 1. The zero-order chi connectivity index (χ0) is 26.3. The van der Waals surface area contributed by atoms with Gasteiger partial charge in [0.1, 0.15) is 27.6 Å². The molecule has 0 spiro atoms. The maximum atomic E-state index is 14.2. The van der Waals surface area contributed by atoms with Crippen LogP contribution in [0.2, 0.25) is 0 Å². The van der Waals surface area contributed by atoms with E-state index in [0.29, 0.717) is 4.88 Å². The maximum absolute atomic E-state index is 14.2. The first-order valence-corrected chi connectivity index (χ1v) is 12.9. The fourth-order valence-electron chi connectivity index (χ4n) is 3.37. The molecule has 0 fully saturated rings. The molecular formula is C22H22FN5O6S2. The number of nitrogens with zero attached hydrogens (tertiary/aromatic N) is 3. The second kappa shape index (κ2) is 9.35. The maximum Gasteiger partial charge on any atom is 0.286 e. The lowest BCUT2D eigenvalue weighted by molar-refractivity contribution is -0.119. The van der Waals surface area contributed by atoms with E-state index in [-0.39, 0.29) is 35.0 Å². The van der Waals surface area contributed by atoms with Crippen molar-refractivity contribution in [2.24, 2.45) is 10.1 Å². The van der Waals surface area contributed by atoms with Crippen LogP contribution in [0.1, 0.15) is 25.8 Å². The molecule has 1 aliphatic heterocycles. The number of amidine groups is 1. The van der Waals surface area contributed by atoms with Crippen LogP contribution in [0.25, 0.3) is 10.6 Å². The molecule has 11 nitrogen and oxygen atoms in total. The topological polar surface area (TPSA) is 166 Å². The summed E-state index contributed by atoms with van der Waals surface area (Å²) < 4.78 is 50.0. The molecule has 0 saturated heterocycles. The van der Waals surface area contributed by atoms with Crippen molar-refractivity contribution >= 4 is 38.8 Å². The lowest BCUT2D eigenvalue weighted by Gasteiger charge is -2.21. The van der Waals surface area contributed by atoms with Gasteiger partial charge >= 0.3 is 0 Å². The van der Waals surface area contributed by atoms with Crippen LogP contribution in [0.3, 0.4) is 0 Å². The first kappa shape index (κ1) is 25.3. The Labute approximate surface area is 209 Å². The first-order chi connectivity index (χ1) is 16.9. The number of halogens is 1. The summed E-state index contributed by atoms with van der Waals surface area (Å²) in [6, 6.07) is 7.31. The van der Waals surface area contributed by atoms with Crippen molar-refractivity contribution in [3.8, 4) is 22.1 Å². The van der Waals surface area contributed by atoms with E-state index in [0.717, 1.165) is 10.7 Å². The van der Waals surface area contributed by atoms with Gasteiger partial charge < -0.3 is 20.9 Å². The molecule has 0 saturated carbocycles. The Morgan fingerprint density at radius 3 is 2.72 bits per heavy atom. The number of anilines is 1. The molecular weight excluding hydrogens is 513 g/mol. The number of hydrogen-bond donors (Lipinski definition) is 3. The fraction of sp³-hybridized carbons (Fsp3) is 0.273. The Morgan fingerprint density at radius 2 is 2.08 bits per heavy atom. The fourth-order valence-corrected chi connectivity index (χ4v) is 5.22. The number of thiophene rings is 1. The van der Waals surface area contributed by atoms with Crippen molar-refractivity contribution in [2.45, 2.75) is 37.4 Å². The molecule has 4 rings (SSSR count). The highest BCUT2D eigenvalue weighted by Gasteiger charge is 2.31. The Hall–Kier alpha value is -3.78. The molecule has 1 aliphatic rings. The normalized spacial score (nSPS) is 14.5. The second-order valence-corrected chi connectivity index (χ2v) is 11.0. The Kier molecular flexibility index (Phi) is 6.58. The predicted molar refractivity (Wildman–Crippen MR) is 132 cm³/mol. The molecule has 3 heterocycles. The molecule has 0 atom stereocenters. The first-order valence-electron chi connectivity index (χ1n) is 10.6. The molecule has 14 heteroatoms. The number of fused-ring (bicyclic) bond motifs is 1. The quantitative estimate of drug-likeness (QED) is 0.395. The summed E-state index contributed by atoms with van der Waals surface area (Å²) in [5.74, 6) is -1.65. The summed E-state index contributed by atoms with van der Waals surface area (Å²) in [6.45, 7) is 2.14. The number of nitrogens with one attached hydrogen (secondary N) is 1. The van der Waals surface area contributed by atoms with Gasteiger partial charge in [0.2, 0.25) is 0 Å². The molecule has 1 amide bonds. The van der Waals surface area contributed by atoms with Crippen LogP contribution >= 0.6 is 11.3 Å². The van der Waals surface area contributed by atoms with Gasteiger partial charge in [0.05, 0.1) is 10.6 Å². The number of nitrogens with two attached hydrogens (primary N) is 1. The molecule has 3 aromatic rings. The number of primary amides is 1. The highest BCUT2D eigenvalue weighted by molar-refractivity contribution is 7.90. The molecule has 0 aliphatic carbocycles. The van der Waals surface area contributed by atoms with Crippen LogP contribution in [0.15, 0.2) is 49.8 Å². The number of hydrogen-bond acceptors (Lipinski definition) is 9. The number of sulfonamides is 1. The standard InChI is InChI=1S/C22H22FN5O6S2/c1-22(2,23)7-8-28-21(31)17(19(30)18(26-28)14-4-3-9-35-14)20-25-13-6-5-12(34-11-16(24)29)10-15(13)36(32,33)27-20/h3-6,9-10,30H,7-8,11H2,1-2H3,(H2,24,29)(H,25,27). The molecule has 36 heavy (non-hydrogen) atoms. The predicted octanol–water partition coefficient (Wildman–Crippen LogP) is 2.24. The van der Waals surface area contributed by atoms with Gasteiger partial charge in [-0.2, -0.15) is 13.5 Å². The Morgan fingerprint density at radius 1 is 1.33 bits per heavy atom. The number of rotatable bonds is 8. The summed E-state index contributed by atoms with van der Waals surface area (Å²) in [6.07, 6.45) is -0.0525. The van der Waals surface area contributed by atoms with E-state index in [9.17, 15) is 27.5 Å².